The van der Waals surface area contributed by atoms with Crippen LogP contribution in [0.25, 0.3) is 6.08 Å². The lowest BCUT2D eigenvalue weighted by Crippen LogP contribution is -2.20. The Balaban J connectivity index is 2.45. The van der Waals surface area contributed by atoms with Gasteiger partial charge in [0.1, 0.15) is 0 Å². The van der Waals surface area contributed by atoms with E-state index in [4.69, 9.17) is 4.74 Å². The van der Waals surface area contributed by atoms with Crippen molar-refractivity contribution in [3.63, 3.8) is 0 Å². The predicted molar refractivity (Wildman–Crippen MR) is 58.9 cm³/mol. The smallest absolute Gasteiger partial charge is 0.316 e. The number of ether oxygens (including phenoxy) is 1. The topological polar surface area (TPSA) is 26.3 Å². The summed E-state index contributed by atoms with van der Waals surface area (Å²) in [5.74, 6) is -0.217. The third kappa shape index (κ3) is 3.34. The Kier molecular flexibility index (Phi) is 3.47. The van der Waals surface area contributed by atoms with Crippen LogP contribution in [0, 0.1) is 5.41 Å². The van der Waals surface area contributed by atoms with E-state index in [1.165, 1.54) is 6.26 Å². The van der Waals surface area contributed by atoms with Crippen LogP contribution in [-0.2, 0) is 9.53 Å². The first-order valence-corrected chi connectivity index (χ1v) is 5.29. The molecule has 14 heavy (non-hydrogen) atoms. The summed E-state index contributed by atoms with van der Waals surface area (Å²) in [6.07, 6.45) is 3.23. The first-order valence-electron chi connectivity index (χ1n) is 4.41. The highest BCUT2D eigenvalue weighted by molar-refractivity contribution is 7.10. The number of carbonyl (C=O) groups excluding carboxylic acids is 1. The molecule has 0 unspecified atom stereocenters. The molecule has 1 aromatic heterocycles. The van der Waals surface area contributed by atoms with Crippen molar-refractivity contribution >= 4 is 23.4 Å². The van der Waals surface area contributed by atoms with Crippen molar-refractivity contribution in [1.29, 1.82) is 0 Å². The zero-order valence-corrected chi connectivity index (χ0v) is 9.43. The van der Waals surface area contributed by atoms with Crippen LogP contribution in [0.3, 0.4) is 0 Å². The van der Waals surface area contributed by atoms with Crippen LogP contribution in [0.4, 0.5) is 0 Å². The van der Waals surface area contributed by atoms with Gasteiger partial charge in [0.2, 0.25) is 0 Å². The fourth-order valence-corrected chi connectivity index (χ4v) is 1.33. The summed E-state index contributed by atoms with van der Waals surface area (Å²) in [6.45, 7) is 5.48. The second-order valence-corrected chi connectivity index (χ2v) is 4.95. The molecule has 0 N–H and O–H groups in total. The fraction of sp³-hybridized carbons (Fsp3) is 0.364. The molecule has 0 saturated heterocycles. The largest absolute Gasteiger partial charge is 0.434 e. The van der Waals surface area contributed by atoms with E-state index >= 15 is 0 Å². The molecule has 1 heterocycles. The summed E-state index contributed by atoms with van der Waals surface area (Å²) in [6, 6.07) is 3.92. The standard InChI is InChI=1S/C11H14O2S/c1-11(2,3)10(12)13-7-6-9-5-4-8-14-9/h4-8H,1-3H3/b7-6+. The summed E-state index contributed by atoms with van der Waals surface area (Å²) in [4.78, 5) is 12.4. The second kappa shape index (κ2) is 4.42. The Morgan fingerprint density at radius 3 is 2.71 bits per heavy atom. The average Bonchev–Trinajstić information content (AvgIpc) is 2.55. The molecule has 0 spiro atoms. The van der Waals surface area contributed by atoms with Crippen LogP contribution >= 0.6 is 11.3 Å². The Bertz CT molecular complexity index is 318. The van der Waals surface area contributed by atoms with Gasteiger partial charge in [-0.15, -0.1) is 11.3 Å². The van der Waals surface area contributed by atoms with Gasteiger partial charge in [0.05, 0.1) is 11.7 Å². The number of hydrogen-bond donors (Lipinski definition) is 0. The maximum absolute atomic E-state index is 11.3. The average molecular weight is 210 g/mol. The molecule has 0 fully saturated rings. The van der Waals surface area contributed by atoms with E-state index in [1.807, 2.05) is 38.3 Å². The van der Waals surface area contributed by atoms with Crippen molar-refractivity contribution in [1.82, 2.24) is 0 Å². The molecule has 0 bridgehead atoms. The van der Waals surface area contributed by atoms with E-state index in [2.05, 4.69) is 0 Å². The summed E-state index contributed by atoms with van der Waals surface area (Å²) < 4.78 is 4.97. The number of thiophene rings is 1. The molecule has 0 aliphatic rings. The van der Waals surface area contributed by atoms with Gasteiger partial charge in [0.15, 0.2) is 0 Å². The molecular formula is C11H14O2S. The molecule has 0 aromatic carbocycles. The van der Waals surface area contributed by atoms with E-state index in [-0.39, 0.29) is 5.97 Å². The van der Waals surface area contributed by atoms with Crippen molar-refractivity contribution in [3.8, 4) is 0 Å². The minimum atomic E-state index is -0.445. The summed E-state index contributed by atoms with van der Waals surface area (Å²) >= 11 is 1.60. The normalized spacial score (nSPS) is 11.9. The molecule has 76 valence electrons. The van der Waals surface area contributed by atoms with Gasteiger partial charge >= 0.3 is 5.97 Å². The summed E-state index contributed by atoms with van der Waals surface area (Å²) in [7, 11) is 0. The highest BCUT2D eigenvalue weighted by Gasteiger charge is 2.22. The molecular weight excluding hydrogens is 196 g/mol. The first kappa shape index (κ1) is 11.0. The lowest BCUT2D eigenvalue weighted by atomic mass is 9.98. The van der Waals surface area contributed by atoms with Gasteiger partial charge in [-0.1, -0.05) is 6.07 Å². The van der Waals surface area contributed by atoms with Crippen LogP contribution in [0.2, 0.25) is 0 Å². The Morgan fingerprint density at radius 2 is 2.21 bits per heavy atom. The Hall–Kier alpha value is -1.09. The lowest BCUT2D eigenvalue weighted by molar-refractivity contribution is -0.146. The van der Waals surface area contributed by atoms with E-state index < -0.39 is 5.41 Å². The van der Waals surface area contributed by atoms with Crippen LogP contribution < -0.4 is 0 Å². The third-order valence-electron chi connectivity index (χ3n) is 1.56. The van der Waals surface area contributed by atoms with Crippen molar-refractivity contribution in [2.75, 3.05) is 0 Å². The quantitative estimate of drug-likeness (QED) is 0.553. The van der Waals surface area contributed by atoms with Gasteiger partial charge in [-0.25, -0.2) is 0 Å². The van der Waals surface area contributed by atoms with Crippen LogP contribution in [0.1, 0.15) is 25.6 Å². The number of rotatable bonds is 2. The summed E-state index contributed by atoms with van der Waals surface area (Å²) in [5, 5.41) is 1.98. The van der Waals surface area contributed by atoms with Gasteiger partial charge < -0.3 is 4.74 Å². The minimum absolute atomic E-state index is 0.217. The van der Waals surface area contributed by atoms with Crippen molar-refractivity contribution in [2.45, 2.75) is 20.8 Å². The zero-order chi connectivity index (χ0) is 10.6. The number of esters is 1. The molecule has 1 aromatic rings. The van der Waals surface area contributed by atoms with E-state index in [0.717, 1.165) is 4.88 Å². The van der Waals surface area contributed by atoms with E-state index in [1.54, 1.807) is 17.4 Å². The van der Waals surface area contributed by atoms with Crippen LogP contribution in [0.5, 0.6) is 0 Å². The van der Waals surface area contributed by atoms with Gasteiger partial charge in [-0.2, -0.15) is 0 Å². The molecule has 0 aliphatic carbocycles. The van der Waals surface area contributed by atoms with Crippen molar-refractivity contribution < 1.29 is 9.53 Å². The Morgan fingerprint density at radius 1 is 1.50 bits per heavy atom. The second-order valence-electron chi connectivity index (χ2n) is 3.97. The summed E-state index contributed by atoms with van der Waals surface area (Å²) in [5.41, 5.74) is -0.445. The van der Waals surface area contributed by atoms with Crippen molar-refractivity contribution in [2.24, 2.45) is 5.41 Å². The Labute approximate surface area is 88.2 Å². The highest BCUT2D eigenvalue weighted by atomic mass is 32.1. The molecule has 0 saturated carbocycles. The van der Waals surface area contributed by atoms with Gasteiger partial charge in [0.25, 0.3) is 0 Å². The van der Waals surface area contributed by atoms with Crippen molar-refractivity contribution in [3.05, 3.63) is 28.7 Å². The highest BCUT2D eigenvalue weighted by Crippen LogP contribution is 2.16. The predicted octanol–water partition coefficient (Wildman–Crippen LogP) is 3.31. The SMILES string of the molecule is CC(C)(C)C(=O)O/C=C/c1cccs1. The third-order valence-corrected chi connectivity index (χ3v) is 2.40. The molecule has 0 radical (unpaired) electrons. The zero-order valence-electron chi connectivity index (χ0n) is 8.61. The van der Waals surface area contributed by atoms with Crippen LogP contribution in [-0.4, -0.2) is 5.97 Å². The van der Waals surface area contributed by atoms with Crippen LogP contribution in [0.15, 0.2) is 23.8 Å². The lowest BCUT2D eigenvalue weighted by Gasteiger charge is -2.13. The van der Waals surface area contributed by atoms with E-state index in [9.17, 15) is 4.79 Å². The molecule has 0 atom stereocenters. The maximum Gasteiger partial charge on any atom is 0.316 e. The van der Waals surface area contributed by atoms with Gasteiger partial charge in [0, 0.05) is 4.88 Å². The molecule has 0 aliphatic heterocycles. The monoisotopic (exact) mass is 210 g/mol. The van der Waals surface area contributed by atoms with Gasteiger partial charge in [-0.05, 0) is 38.3 Å². The molecule has 3 heteroatoms. The maximum atomic E-state index is 11.3. The molecule has 0 amide bonds. The number of carbonyl (C=O) groups is 1. The number of hydrogen-bond acceptors (Lipinski definition) is 3. The first-order chi connectivity index (χ1) is 6.50. The van der Waals surface area contributed by atoms with Gasteiger partial charge in [-0.3, -0.25) is 4.79 Å². The fourth-order valence-electron chi connectivity index (χ4n) is 0.726. The molecule has 2 nitrogen and oxygen atoms in total. The molecule has 1 rings (SSSR count). The minimum Gasteiger partial charge on any atom is -0.434 e. The van der Waals surface area contributed by atoms with E-state index in [0.29, 0.717) is 0 Å².